The summed E-state index contributed by atoms with van der Waals surface area (Å²) in [6.45, 7) is 0.865. The van der Waals surface area contributed by atoms with Gasteiger partial charge in [-0.1, -0.05) is 18.2 Å². The van der Waals surface area contributed by atoms with E-state index in [1.165, 1.54) is 16.0 Å². The van der Waals surface area contributed by atoms with Crippen molar-refractivity contribution in [1.82, 2.24) is 9.88 Å². The fourth-order valence-electron chi connectivity index (χ4n) is 3.35. The monoisotopic (exact) mass is 356 g/mol. The number of likely N-dealkylation sites (tertiary alicyclic amines) is 1. The van der Waals surface area contributed by atoms with Gasteiger partial charge >= 0.3 is 0 Å². The Labute approximate surface area is 150 Å². The molecule has 0 bridgehead atoms. The third-order valence-electron chi connectivity index (χ3n) is 4.58. The normalized spacial score (nSPS) is 18.2. The second-order valence-electron chi connectivity index (χ2n) is 6.20. The number of hydrogen-bond donors (Lipinski definition) is 0. The number of para-hydroxylation sites is 1. The van der Waals surface area contributed by atoms with Crippen molar-refractivity contribution in [2.24, 2.45) is 0 Å². The van der Waals surface area contributed by atoms with Gasteiger partial charge in [0.15, 0.2) is 0 Å². The molecule has 1 fully saturated rings. The molecule has 0 spiro atoms. The summed E-state index contributed by atoms with van der Waals surface area (Å²) >= 11 is 3.47. The third-order valence-corrected chi connectivity index (χ3v) is 6.66. The Morgan fingerprint density at radius 2 is 2.12 bits per heavy atom. The second kappa shape index (κ2) is 7.03. The van der Waals surface area contributed by atoms with E-state index in [0.29, 0.717) is 6.42 Å². The average Bonchev–Trinajstić information content (AvgIpc) is 3.29. The molecule has 4 rings (SSSR count). The Kier molecular flexibility index (Phi) is 4.63. The molecule has 3 heterocycles. The van der Waals surface area contributed by atoms with Crippen LogP contribution < -0.4 is 0 Å². The molecule has 5 heteroatoms. The summed E-state index contributed by atoms with van der Waals surface area (Å²) in [5.74, 6) is 0.271. The van der Waals surface area contributed by atoms with Crippen molar-refractivity contribution in [3.05, 3.63) is 51.7 Å². The molecule has 124 valence electrons. The van der Waals surface area contributed by atoms with Crippen molar-refractivity contribution in [3.8, 4) is 0 Å². The van der Waals surface area contributed by atoms with E-state index in [-0.39, 0.29) is 11.9 Å². The minimum Gasteiger partial charge on any atom is -0.333 e. The molecule has 1 unspecified atom stereocenters. The molecule has 3 aromatic rings. The van der Waals surface area contributed by atoms with Gasteiger partial charge in [-0.15, -0.1) is 22.7 Å². The van der Waals surface area contributed by atoms with Crippen LogP contribution in [0.15, 0.2) is 41.8 Å². The van der Waals surface area contributed by atoms with Gasteiger partial charge in [-0.2, -0.15) is 0 Å². The zero-order valence-electron chi connectivity index (χ0n) is 13.5. The van der Waals surface area contributed by atoms with E-state index in [2.05, 4.69) is 40.6 Å². The highest BCUT2D eigenvalue weighted by Gasteiger charge is 2.29. The number of carbonyl (C=O) groups excluding carboxylic acids is 1. The quantitative estimate of drug-likeness (QED) is 0.656. The number of thiazole rings is 1. The van der Waals surface area contributed by atoms with E-state index in [1.807, 2.05) is 6.07 Å². The lowest BCUT2D eigenvalue weighted by Gasteiger charge is -2.34. The highest BCUT2D eigenvalue weighted by atomic mass is 32.1. The molecule has 1 amide bonds. The van der Waals surface area contributed by atoms with Gasteiger partial charge < -0.3 is 4.90 Å². The number of rotatable bonds is 4. The van der Waals surface area contributed by atoms with Gasteiger partial charge in [-0.25, -0.2) is 4.98 Å². The molecule has 1 atom stereocenters. The molecule has 1 aliphatic rings. The van der Waals surface area contributed by atoms with Gasteiger partial charge in [0.1, 0.15) is 5.01 Å². The Morgan fingerprint density at radius 1 is 1.21 bits per heavy atom. The van der Waals surface area contributed by atoms with Crippen molar-refractivity contribution in [1.29, 1.82) is 0 Å². The van der Waals surface area contributed by atoms with Gasteiger partial charge in [0.2, 0.25) is 5.91 Å². The molecule has 1 aliphatic heterocycles. The average molecular weight is 357 g/mol. The van der Waals surface area contributed by atoms with Crippen molar-refractivity contribution in [3.63, 3.8) is 0 Å². The number of fused-ring (bicyclic) bond motifs is 1. The first kappa shape index (κ1) is 15.8. The number of nitrogens with zero attached hydrogens (tertiary/aromatic N) is 2. The lowest BCUT2D eigenvalue weighted by molar-refractivity contribution is -0.135. The molecule has 2 aromatic heterocycles. The number of aromatic nitrogens is 1. The topological polar surface area (TPSA) is 33.2 Å². The van der Waals surface area contributed by atoms with Gasteiger partial charge in [0, 0.05) is 17.8 Å². The van der Waals surface area contributed by atoms with Crippen LogP contribution in [0.4, 0.5) is 0 Å². The van der Waals surface area contributed by atoms with Crippen LogP contribution in [0.3, 0.4) is 0 Å². The SMILES string of the molecule is O=C(CCc1cccs1)N1CCCCC1c1nc2ccccc2s1. The minimum absolute atomic E-state index is 0.159. The molecular weight excluding hydrogens is 336 g/mol. The molecule has 1 aromatic carbocycles. The zero-order valence-corrected chi connectivity index (χ0v) is 15.1. The van der Waals surface area contributed by atoms with Crippen LogP contribution in [-0.2, 0) is 11.2 Å². The van der Waals surface area contributed by atoms with Crippen molar-refractivity contribution < 1.29 is 4.79 Å². The number of amides is 1. The van der Waals surface area contributed by atoms with E-state index < -0.39 is 0 Å². The van der Waals surface area contributed by atoms with Crippen molar-refractivity contribution >= 4 is 38.8 Å². The number of carbonyl (C=O) groups is 1. The Bertz CT molecular complexity index is 792. The van der Waals surface area contributed by atoms with Gasteiger partial charge in [0.05, 0.1) is 16.3 Å². The summed E-state index contributed by atoms with van der Waals surface area (Å²) in [7, 11) is 0. The van der Waals surface area contributed by atoms with Crippen LogP contribution in [0.5, 0.6) is 0 Å². The summed E-state index contributed by atoms with van der Waals surface area (Å²) in [6, 6.07) is 12.6. The molecule has 0 N–H and O–H groups in total. The largest absolute Gasteiger partial charge is 0.333 e. The third kappa shape index (κ3) is 3.23. The molecule has 0 radical (unpaired) electrons. The van der Waals surface area contributed by atoms with Gasteiger partial charge in [-0.3, -0.25) is 4.79 Å². The van der Waals surface area contributed by atoms with E-state index in [9.17, 15) is 4.79 Å². The summed E-state index contributed by atoms with van der Waals surface area (Å²) in [5, 5.41) is 3.17. The maximum absolute atomic E-state index is 12.8. The van der Waals surface area contributed by atoms with Crippen LogP contribution >= 0.6 is 22.7 Å². The smallest absolute Gasteiger partial charge is 0.223 e. The molecule has 3 nitrogen and oxygen atoms in total. The number of thiophene rings is 1. The number of piperidine rings is 1. The minimum atomic E-state index is 0.159. The number of aryl methyl sites for hydroxylation is 1. The first-order valence-electron chi connectivity index (χ1n) is 8.48. The highest BCUT2D eigenvalue weighted by molar-refractivity contribution is 7.18. The summed E-state index contributed by atoms with van der Waals surface area (Å²) in [5.41, 5.74) is 1.05. The zero-order chi connectivity index (χ0) is 16.4. The standard InChI is InChI=1S/C19H20N2OS2/c22-18(11-10-14-6-5-13-23-14)21-12-4-3-8-16(21)19-20-15-7-1-2-9-17(15)24-19/h1-2,5-7,9,13,16H,3-4,8,10-12H2. The van der Waals surface area contributed by atoms with Crippen LogP contribution in [0.2, 0.25) is 0 Å². The number of hydrogen-bond acceptors (Lipinski definition) is 4. The lowest BCUT2D eigenvalue weighted by atomic mass is 10.0. The fraction of sp³-hybridized carbons (Fsp3) is 0.368. The summed E-state index contributed by atoms with van der Waals surface area (Å²) in [4.78, 5) is 21.0. The molecule has 24 heavy (non-hydrogen) atoms. The molecule has 1 saturated heterocycles. The van der Waals surface area contributed by atoms with Crippen molar-refractivity contribution in [2.75, 3.05) is 6.54 Å². The predicted molar refractivity (Wildman–Crippen MR) is 101 cm³/mol. The maximum Gasteiger partial charge on any atom is 0.223 e. The Balaban J connectivity index is 1.52. The lowest BCUT2D eigenvalue weighted by Crippen LogP contribution is -2.38. The van der Waals surface area contributed by atoms with Crippen LogP contribution in [0.1, 0.15) is 41.6 Å². The summed E-state index contributed by atoms with van der Waals surface area (Å²) < 4.78 is 1.21. The Morgan fingerprint density at radius 3 is 2.96 bits per heavy atom. The van der Waals surface area contributed by atoms with E-state index in [1.54, 1.807) is 22.7 Å². The van der Waals surface area contributed by atoms with E-state index in [0.717, 1.165) is 36.3 Å². The van der Waals surface area contributed by atoms with E-state index in [4.69, 9.17) is 4.98 Å². The molecule has 0 saturated carbocycles. The second-order valence-corrected chi connectivity index (χ2v) is 8.29. The summed E-state index contributed by atoms with van der Waals surface area (Å²) in [6.07, 6.45) is 4.76. The molecular formula is C19H20N2OS2. The van der Waals surface area contributed by atoms with Crippen LogP contribution in [0, 0.1) is 0 Å². The highest BCUT2D eigenvalue weighted by Crippen LogP contribution is 2.36. The van der Waals surface area contributed by atoms with Crippen LogP contribution in [-0.4, -0.2) is 22.3 Å². The van der Waals surface area contributed by atoms with Crippen molar-refractivity contribution in [2.45, 2.75) is 38.1 Å². The van der Waals surface area contributed by atoms with Gasteiger partial charge in [-0.05, 0) is 49.3 Å². The first-order chi connectivity index (χ1) is 11.8. The fourth-order valence-corrected chi connectivity index (χ4v) is 5.17. The Hall–Kier alpha value is -1.72. The first-order valence-corrected chi connectivity index (χ1v) is 10.2. The predicted octanol–water partition coefficient (Wildman–Crippen LogP) is 5.04. The maximum atomic E-state index is 12.8. The van der Waals surface area contributed by atoms with Gasteiger partial charge in [0.25, 0.3) is 0 Å². The number of benzene rings is 1. The van der Waals surface area contributed by atoms with E-state index >= 15 is 0 Å². The molecule has 0 aliphatic carbocycles. The van der Waals surface area contributed by atoms with Crippen LogP contribution in [0.25, 0.3) is 10.2 Å².